The highest BCUT2D eigenvalue weighted by Crippen LogP contribution is 2.65. The van der Waals surface area contributed by atoms with E-state index in [0.717, 1.165) is 36.3 Å². The van der Waals surface area contributed by atoms with E-state index in [4.69, 9.17) is 11.6 Å². The summed E-state index contributed by atoms with van der Waals surface area (Å²) in [6.45, 7) is 1.02. The number of hydrogen-bond donors (Lipinski definition) is 1. The fraction of sp³-hybridized carbons (Fsp3) is 0.833. The van der Waals surface area contributed by atoms with Gasteiger partial charge in [-0.2, -0.15) is 0 Å². The molecule has 3 rings (SSSR count). The Hall–Kier alpha value is -0.0100. The van der Waals surface area contributed by atoms with Crippen LogP contribution in [0.2, 0.25) is 0 Å². The van der Waals surface area contributed by atoms with Crippen LogP contribution in [0.25, 0.3) is 0 Å². The molecule has 2 bridgehead atoms. The quantitative estimate of drug-likeness (QED) is 0.557. The Kier molecular flexibility index (Phi) is 2.33. The highest BCUT2D eigenvalue weighted by molar-refractivity contribution is 6.18. The predicted molar refractivity (Wildman–Crippen MR) is 59.5 cm³/mol. The lowest BCUT2D eigenvalue weighted by atomic mass is 10.0. The van der Waals surface area contributed by atoms with Gasteiger partial charge >= 0.3 is 0 Å². The normalized spacial score (nSPS) is 48.8. The molecule has 1 N–H and O–H groups in total. The van der Waals surface area contributed by atoms with Crippen molar-refractivity contribution in [2.45, 2.75) is 25.3 Å². The van der Waals surface area contributed by atoms with Gasteiger partial charge in [0.2, 0.25) is 0 Å². The molecule has 3 aliphatic rings. The van der Waals surface area contributed by atoms with Crippen molar-refractivity contribution in [3.8, 4) is 0 Å². The van der Waals surface area contributed by atoms with E-state index in [2.05, 4.69) is 11.4 Å². The Morgan fingerprint density at radius 2 is 1.86 bits per heavy atom. The Morgan fingerprint density at radius 1 is 1.14 bits per heavy atom. The molecule has 2 heteroatoms. The molecule has 0 aromatic rings. The van der Waals surface area contributed by atoms with Crippen LogP contribution in [0.1, 0.15) is 19.3 Å². The minimum atomic E-state index is 0.643. The molecule has 3 saturated carbocycles. The lowest BCUT2D eigenvalue weighted by molar-refractivity contribution is 0.456. The fourth-order valence-electron chi connectivity index (χ4n) is 3.95. The van der Waals surface area contributed by atoms with Crippen LogP contribution in [-0.4, -0.2) is 18.5 Å². The van der Waals surface area contributed by atoms with Crippen molar-refractivity contribution in [2.75, 3.05) is 12.4 Å². The molecule has 4 atom stereocenters. The number of hydrogen-bond acceptors (Lipinski definition) is 1. The van der Waals surface area contributed by atoms with Gasteiger partial charge in [-0.1, -0.05) is 12.2 Å². The summed E-state index contributed by atoms with van der Waals surface area (Å²) >= 11 is 5.57. The molecule has 0 heterocycles. The topological polar surface area (TPSA) is 12.0 Å². The van der Waals surface area contributed by atoms with Gasteiger partial charge in [0.25, 0.3) is 0 Å². The van der Waals surface area contributed by atoms with Crippen LogP contribution in [0.15, 0.2) is 12.2 Å². The summed E-state index contributed by atoms with van der Waals surface area (Å²) in [5, 5.41) is 3.65. The van der Waals surface area contributed by atoms with Gasteiger partial charge in [-0.05, 0) is 42.9 Å². The van der Waals surface area contributed by atoms with Crippen LogP contribution in [0.3, 0.4) is 0 Å². The minimum Gasteiger partial charge on any atom is -0.310 e. The summed E-state index contributed by atoms with van der Waals surface area (Å²) in [5.74, 6) is 4.92. The molecule has 0 aliphatic heterocycles. The Balaban J connectivity index is 1.48. The summed E-state index contributed by atoms with van der Waals surface area (Å²) in [6.07, 6.45) is 8.76. The summed E-state index contributed by atoms with van der Waals surface area (Å²) < 4.78 is 0. The molecule has 0 saturated heterocycles. The lowest BCUT2D eigenvalue weighted by Gasteiger charge is -2.08. The van der Waals surface area contributed by atoms with E-state index >= 15 is 0 Å². The number of alkyl halides is 1. The SMILES string of the molecule is ClC/C=C/CNC1C2C3CCC(C3)C12. The second-order valence-corrected chi connectivity index (χ2v) is 5.36. The van der Waals surface area contributed by atoms with Crippen LogP contribution in [-0.2, 0) is 0 Å². The third-order valence-corrected chi connectivity index (χ3v) is 4.64. The highest BCUT2D eigenvalue weighted by Gasteiger charge is 2.64. The first-order valence-corrected chi connectivity index (χ1v) is 6.39. The molecule has 3 fully saturated rings. The highest BCUT2D eigenvalue weighted by atomic mass is 35.5. The van der Waals surface area contributed by atoms with Gasteiger partial charge in [0.15, 0.2) is 0 Å². The molecular formula is C12H18ClN. The Bertz CT molecular complexity index is 235. The van der Waals surface area contributed by atoms with Crippen molar-refractivity contribution in [1.29, 1.82) is 0 Å². The maximum absolute atomic E-state index is 5.57. The van der Waals surface area contributed by atoms with E-state index in [9.17, 15) is 0 Å². The van der Waals surface area contributed by atoms with Crippen molar-refractivity contribution in [3.05, 3.63) is 12.2 Å². The van der Waals surface area contributed by atoms with Crippen molar-refractivity contribution in [1.82, 2.24) is 5.32 Å². The number of fused-ring (bicyclic) bond motifs is 5. The van der Waals surface area contributed by atoms with Gasteiger partial charge in [-0.25, -0.2) is 0 Å². The van der Waals surface area contributed by atoms with Crippen molar-refractivity contribution in [2.24, 2.45) is 23.7 Å². The zero-order valence-electron chi connectivity index (χ0n) is 8.45. The fourth-order valence-corrected chi connectivity index (χ4v) is 4.07. The smallest absolute Gasteiger partial charge is 0.0404 e. The second-order valence-electron chi connectivity index (χ2n) is 5.05. The minimum absolute atomic E-state index is 0.643. The second kappa shape index (κ2) is 3.53. The standard InChI is InChI=1S/C12H18ClN/c13-5-1-2-6-14-12-10-8-3-4-9(7-8)11(10)12/h1-2,8-12,14H,3-7H2/b2-1+. The first kappa shape index (κ1) is 9.23. The Labute approximate surface area is 90.9 Å². The molecule has 1 nitrogen and oxygen atoms in total. The van der Waals surface area contributed by atoms with Gasteiger partial charge in [0, 0.05) is 18.5 Å². The maximum Gasteiger partial charge on any atom is 0.0404 e. The van der Waals surface area contributed by atoms with Crippen LogP contribution in [0, 0.1) is 23.7 Å². The molecular weight excluding hydrogens is 194 g/mol. The van der Waals surface area contributed by atoms with E-state index in [0.29, 0.717) is 5.88 Å². The van der Waals surface area contributed by atoms with E-state index in [1.807, 2.05) is 6.08 Å². The molecule has 0 spiro atoms. The van der Waals surface area contributed by atoms with Crippen LogP contribution < -0.4 is 5.32 Å². The van der Waals surface area contributed by atoms with Crippen molar-refractivity contribution in [3.63, 3.8) is 0 Å². The lowest BCUT2D eigenvalue weighted by Crippen LogP contribution is -2.22. The molecule has 78 valence electrons. The Morgan fingerprint density at radius 3 is 2.50 bits per heavy atom. The first-order chi connectivity index (χ1) is 6.92. The molecule has 0 aromatic heterocycles. The van der Waals surface area contributed by atoms with E-state index in [-0.39, 0.29) is 0 Å². The maximum atomic E-state index is 5.57. The largest absolute Gasteiger partial charge is 0.310 e. The molecule has 0 radical (unpaired) electrons. The third kappa shape index (κ3) is 1.33. The summed E-state index contributed by atoms with van der Waals surface area (Å²) in [6, 6.07) is 0.862. The van der Waals surface area contributed by atoms with Crippen molar-refractivity contribution < 1.29 is 0 Å². The van der Waals surface area contributed by atoms with Gasteiger partial charge in [-0.15, -0.1) is 11.6 Å². The number of halogens is 1. The average Bonchev–Trinajstić information content (AvgIpc) is 2.60. The molecule has 0 aromatic carbocycles. The van der Waals surface area contributed by atoms with Crippen molar-refractivity contribution >= 4 is 11.6 Å². The summed E-state index contributed by atoms with van der Waals surface area (Å²) in [7, 11) is 0. The summed E-state index contributed by atoms with van der Waals surface area (Å²) in [4.78, 5) is 0. The zero-order valence-corrected chi connectivity index (χ0v) is 9.21. The number of allylic oxidation sites excluding steroid dienone is 1. The van der Waals surface area contributed by atoms with Crippen LogP contribution >= 0.6 is 11.6 Å². The molecule has 4 unspecified atom stereocenters. The van der Waals surface area contributed by atoms with E-state index < -0.39 is 0 Å². The van der Waals surface area contributed by atoms with Gasteiger partial charge in [-0.3, -0.25) is 0 Å². The van der Waals surface area contributed by atoms with E-state index in [1.54, 1.807) is 6.42 Å². The predicted octanol–water partition coefficient (Wildman–Crippen LogP) is 2.42. The average molecular weight is 212 g/mol. The van der Waals surface area contributed by atoms with Gasteiger partial charge in [0.1, 0.15) is 0 Å². The third-order valence-electron chi connectivity index (χ3n) is 4.46. The van der Waals surface area contributed by atoms with Crippen LogP contribution in [0.4, 0.5) is 0 Å². The molecule has 14 heavy (non-hydrogen) atoms. The van der Waals surface area contributed by atoms with Crippen LogP contribution in [0.5, 0.6) is 0 Å². The van der Waals surface area contributed by atoms with Gasteiger partial charge in [0.05, 0.1) is 0 Å². The first-order valence-electron chi connectivity index (χ1n) is 5.86. The monoisotopic (exact) mass is 211 g/mol. The zero-order chi connectivity index (χ0) is 9.54. The van der Waals surface area contributed by atoms with E-state index in [1.165, 1.54) is 12.8 Å². The number of nitrogens with one attached hydrogen (secondary N) is 1. The number of rotatable bonds is 4. The summed E-state index contributed by atoms with van der Waals surface area (Å²) in [5.41, 5.74) is 0. The van der Waals surface area contributed by atoms with Gasteiger partial charge < -0.3 is 5.32 Å². The molecule has 0 amide bonds. The molecule has 3 aliphatic carbocycles.